The monoisotopic (exact) mass is 838 g/mol. The van der Waals surface area contributed by atoms with E-state index in [1.807, 2.05) is 6.08 Å². The highest BCUT2D eigenvalue weighted by Crippen LogP contribution is 2.22. The van der Waals surface area contributed by atoms with Crippen LogP contribution in [-0.2, 0) is 14.3 Å². The van der Waals surface area contributed by atoms with Gasteiger partial charge in [-0.15, -0.1) is 0 Å². The Morgan fingerprint density at radius 2 is 1.05 bits per heavy atom. The topological polar surface area (TPSA) is 149 Å². The number of aliphatic hydroxyl groups is 5. The lowest BCUT2D eigenvalue weighted by molar-refractivity contribution is -0.302. The van der Waals surface area contributed by atoms with Crippen molar-refractivity contribution in [3.63, 3.8) is 0 Å². The van der Waals surface area contributed by atoms with Gasteiger partial charge >= 0.3 is 0 Å². The normalized spacial score (nSPS) is 21.6. The zero-order chi connectivity index (χ0) is 43.7. The second kappa shape index (κ2) is 40.0. The van der Waals surface area contributed by atoms with Crippen LogP contribution in [0.5, 0.6) is 0 Å². The Morgan fingerprint density at radius 1 is 0.583 bits per heavy atom. The van der Waals surface area contributed by atoms with Crippen molar-refractivity contribution in [3.05, 3.63) is 109 Å². The summed E-state index contributed by atoms with van der Waals surface area (Å²) in [7, 11) is 0. The number of unbranched alkanes of at least 4 members (excludes halogenated alkanes) is 10. The Bertz CT molecular complexity index is 1300. The van der Waals surface area contributed by atoms with Gasteiger partial charge in [0.25, 0.3) is 0 Å². The third-order valence-electron chi connectivity index (χ3n) is 10.1. The molecule has 7 unspecified atom stereocenters. The van der Waals surface area contributed by atoms with E-state index in [0.717, 1.165) is 83.5 Å². The largest absolute Gasteiger partial charge is 0.394 e. The maximum Gasteiger partial charge on any atom is 0.220 e. The van der Waals surface area contributed by atoms with Crippen molar-refractivity contribution in [2.75, 3.05) is 13.2 Å². The van der Waals surface area contributed by atoms with Crippen LogP contribution in [-0.4, -0.2) is 87.5 Å². The van der Waals surface area contributed by atoms with Crippen molar-refractivity contribution >= 4 is 5.91 Å². The van der Waals surface area contributed by atoms with E-state index in [4.69, 9.17) is 9.47 Å². The summed E-state index contributed by atoms with van der Waals surface area (Å²) >= 11 is 0. The number of rotatable bonds is 36. The Labute approximate surface area is 364 Å². The lowest BCUT2D eigenvalue weighted by atomic mass is 9.99. The van der Waals surface area contributed by atoms with Gasteiger partial charge in [-0.2, -0.15) is 0 Å². The molecule has 1 heterocycles. The average Bonchev–Trinajstić information content (AvgIpc) is 3.25. The molecule has 1 aliphatic heterocycles. The van der Waals surface area contributed by atoms with Crippen LogP contribution in [0.4, 0.5) is 0 Å². The molecule has 0 aromatic heterocycles. The predicted molar refractivity (Wildman–Crippen MR) is 248 cm³/mol. The van der Waals surface area contributed by atoms with E-state index in [9.17, 15) is 30.3 Å². The second-order valence-electron chi connectivity index (χ2n) is 15.5. The van der Waals surface area contributed by atoms with Crippen LogP contribution < -0.4 is 5.32 Å². The Hall–Kier alpha value is -3.15. The molecule has 1 fully saturated rings. The number of hydrogen-bond donors (Lipinski definition) is 6. The minimum atomic E-state index is -1.58. The zero-order valence-electron chi connectivity index (χ0n) is 37.2. The van der Waals surface area contributed by atoms with Crippen LogP contribution in [0.1, 0.15) is 149 Å². The summed E-state index contributed by atoms with van der Waals surface area (Å²) in [5.74, 6) is -0.226. The highest BCUT2D eigenvalue weighted by molar-refractivity contribution is 5.76. The van der Waals surface area contributed by atoms with Crippen LogP contribution in [0, 0.1) is 0 Å². The fourth-order valence-electron chi connectivity index (χ4n) is 6.38. The number of hydrogen-bond acceptors (Lipinski definition) is 8. The second-order valence-corrected chi connectivity index (χ2v) is 15.5. The van der Waals surface area contributed by atoms with Gasteiger partial charge in [-0.3, -0.25) is 4.79 Å². The van der Waals surface area contributed by atoms with Crippen LogP contribution in [0.3, 0.4) is 0 Å². The lowest BCUT2D eigenvalue weighted by Gasteiger charge is -2.40. The number of carbonyl (C=O) groups is 1. The third kappa shape index (κ3) is 30.0. The molecule has 1 saturated heterocycles. The van der Waals surface area contributed by atoms with Gasteiger partial charge in [0.15, 0.2) is 6.29 Å². The van der Waals surface area contributed by atoms with Crippen LogP contribution in [0.2, 0.25) is 0 Å². The minimum Gasteiger partial charge on any atom is -0.394 e. The van der Waals surface area contributed by atoms with Gasteiger partial charge in [-0.25, -0.2) is 0 Å². The molecule has 0 aliphatic carbocycles. The number of ether oxygens (including phenoxy) is 2. The van der Waals surface area contributed by atoms with Crippen LogP contribution >= 0.6 is 0 Å². The molecule has 1 rings (SSSR count). The number of allylic oxidation sites excluding steroid dienone is 17. The predicted octanol–water partition coefficient (Wildman–Crippen LogP) is 9.89. The van der Waals surface area contributed by atoms with Gasteiger partial charge in [0, 0.05) is 6.42 Å². The fraction of sp³-hybridized carbons (Fsp3) is 0.627. The number of nitrogens with one attached hydrogen (secondary N) is 1. The number of carbonyl (C=O) groups excluding carboxylic acids is 1. The van der Waals surface area contributed by atoms with Crippen molar-refractivity contribution in [1.29, 1.82) is 0 Å². The van der Waals surface area contributed by atoms with E-state index in [2.05, 4.69) is 116 Å². The van der Waals surface area contributed by atoms with E-state index in [-0.39, 0.29) is 12.5 Å². The van der Waals surface area contributed by atoms with Crippen molar-refractivity contribution in [2.45, 2.75) is 192 Å². The maximum atomic E-state index is 12.9. The molecule has 340 valence electrons. The zero-order valence-corrected chi connectivity index (χ0v) is 37.2. The third-order valence-corrected chi connectivity index (χ3v) is 10.1. The van der Waals surface area contributed by atoms with Crippen LogP contribution in [0.25, 0.3) is 0 Å². The summed E-state index contributed by atoms with van der Waals surface area (Å²) in [5, 5.41) is 54.1. The molecule has 0 bridgehead atoms. The molecule has 9 nitrogen and oxygen atoms in total. The molecule has 6 N–H and O–H groups in total. The number of amides is 1. The molecule has 0 aromatic rings. The van der Waals surface area contributed by atoms with Gasteiger partial charge in [0.05, 0.1) is 25.4 Å². The first-order valence-electron chi connectivity index (χ1n) is 23.1. The summed E-state index contributed by atoms with van der Waals surface area (Å²) in [6.45, 7) is 3.57. The maximum absolute atomic E-state index is 12.9. The lowest BCUT2D eigenvalue weighted by Crippen LogP contribution is -2.60. The molecule has 9 heteroatoms. The van der Waals surface area contributed by atoms with E-state index >= 15 is 0 Å². The van der Waals surface area contributed by atoms with Crippen LogP contribution in [0.15, 0.2) is 109 Å². The smallest absolute Gasteiger partial charge is 0.220 e. The van der Waals surface area contributed by atoms with Gasteiger partial charge in [0.2, 0.25) is 5.91 Å². The van der Waals surface area contributed by atoms with Crippen molar-refractivity contribution in [3.8, 4) is 0 Å². The molecule has 0 spiro atoms. The molecule has 1 amide bonds. The molecular formula is C51H83NO8. The van der Waals surface area contributed by atoms with Crippen molar-refractivity contribution in [1.82, 2.24) is 5.32 Å². The molecule has 0 saturated carbocycles. The summed E-state index contributed by atoms with van der Waals surface area (Å²) in [4.78, 5) is 12.9. The SMILES string of the molecule is CC/C=C\C/C=C\C/C=C\C/C=C\C/C=C\C/C=C\C/C=C\CCCCCC(=O)NC(COC1OC(CO)C(O)C(O)C1O)C(O)/C=C/CC/C=C/CCCCCCCC. The standard InChI is InChI=1S/C51H83NO8/c1-3-5-7-9-11-13-15-17-18-19-20-21-22-23-24-25-26-27-28-29-31-33-35-37-39-41-47(55)52-44(43-59-51-50(58)49(57)48(56)46(42-53)60-51)45(54)40-38-36-34-32-30-16-14-12-10-8-6-4-2/h5,7,11,13,17-18,20-21,23-24,26-27,29-32,38,40,44-46,48-51,53-54,56-58H,3-4,6,8-10,12,14-16,19,22,25,28,33-37,39,41-43H2,1-2H3,(H,52,55)/b7-5-,13-11-,18-17-,21-20-,24-23-,27-26-,31-29-,32-30+,40-38+. The average molecular weight is 838 g/mol. The Kier molecular flexibility index (Phi) is 36.5. The van der Waals surface area contributed by atoms with Crippen molar-refractivity contribution in [2.24, 2.45) is 0 Å². The van der Waals surface area contributed by atoms with E-state index < -0.39 is 49.5 Å². The van der Waals surface area contributed by atoms with E-state index in [0.29, 0.717) is 12.8 Å². The van der Waals surface area contributed by atoms with Gasteiger partial charge in [-0.05, 0) is 89.9 Å². The fourth-order valence-corrected chi connectivity index (χ4v) is 6.38. The first kappa shape index (κ1) is 54.9. The summed E-state index contributed by atoms with van der Waals surface area (Å²) in [6.07, 6.45) is 51.3. The Balaban J connectivity index is 2.38. The van der Waals surface area contributed by atoms with Gasteiger partial charge in [0.1, 0.15) is 24.4 Å². The minimum absolute atomic E-state index is 0.223. The van der Waals surface area contributed by atoms with Crippen molar-refractivity contribution < 1.29 is 39.8 Å². The van der Waals surface area contributed by atoms with E-state index in [1.165, 1.54) is 38.5 Å². The molecule has 60 heavy (non-hydrogen) atoms. The molecule has 0 radical (unpaired) electrons. The quantitative estimate of drug-likeness (QED) is 0.0270. The number of aliphatic hydroxyl groups excluding tert-OH is 5. The molecule has 7 atom stereocenters. The Morgan fingerprint density at radius 3 is 1.60 bits per heavy atom. The van der Waals surface area contributed by atoms with Gasteiger partial charge < -0.3 is 40.3 Å². The highest BCUT2D eigenvalue weighted by atomic mass is 16.7. The summed E-state index contributed by atoms with van der Waals surface area (Å²) in [6, 6.07) is -0.846. The molecule has 1 aliphatic rings. The molecular weight excluding hydrogens is 755 g/mol. The first-order chi connectivity index (χ1) is 29.3. The summed E-state index contributed by atoms with van der Waals surface area (Å²) in [5.41, 5.74) is 0. The highest BCUT2D eigenvalue weighted by Gasteiger charge is 2.44. The first-order valence-corrected chi connectivity index (χ1v) is 23.1. The summed E-state index contributed by atoms with van der Waals surface area (Å²) < 4.78 is 11.2. The van der Waals surface area contributed by atoms with Gasteiger partial charge in [-0.1, -0.05) is 162 Å². The van der Waals surface area contributed by atoms with E-state index in [1.54, 1.807) is 6.08 Å². The molecule has 0 aromatic carbocycles.